The predicted octanol–water partition coefficient (Wildman–Crippen LogP) is 1.93. The first-order valence-electron chi connectivity index (χ1n) is 4.98. The largest absolute Gasteiger partial charge is 0.412 e. The molecule has 0 bridgehead atoms. The van der Waals surface area contributed by atoms with Crippen LogP contribution in [0.1, 0.15) is 20.7 Å². The molecule has 0 spiro atoms. The highest BCUT2D eigenvalue weighted by molar-refractivity contribution is 6.49. The Morgan fingerprint density at radius 1 is 0.588 bits per heavy atom. The lowest BCUT2D eigenvalue weighted by atomic mass is 10.0. The number of hydrogen-bond donors (Lipinski definition) is 0. The van der Waals surface area contributed by atoms with Gasteiger partial charge in [-0.1, -0.05) is 60.7 Å². The molecule has 0 aliphatic carbocycles. The summed E-state index contributed by atoms with van der Waals surface area (Å²) in [5.41, 5.74) is 0.854. The molecule has 0 aliphatic heterocycles. The van der Waals surface area contributed by atoms with Crippen LogP contribution in [0.15, 0.2) is 60.7 Å². The third-order valence-corrected chi connectivity index (χ3v) is 2.28. The van der Waals surface area contributed by atoms with E-state index in [1.54, 1.807) is 48.5 Å². The van der Waals surface area contributed by atoms with E-state index in [0.29, 0.717) is 11.1 Å². The number of carbonyl (C=O) groups excluding carboxylic acids is 2. The Morgan fingerprint density at radius 3 is 1.18 bits per heavy atom. The van der Waals surface area contributed by atoms with Gasteiger partial charge in [-0.3, -0.25) is 9.59 Å². The Kier molecular flexibility index (Phi) is 4.31. The summed E-state index contributed by atoms with van der Waals surface area (Å²) >= 11 is 0. The summed E-state index contributed by atoms with van der Waals surface area (Å²) in [6, 6.07) is 17.2. The van der Waals surface area contributed by atoms with E-state index < -0.39 is 11.6 Å². The lowest BCUT2D eigenvalue weighted by molar-refractivity contribution is 0.0817. The lowest BCUT2D eigenvalue weighted by Gasteiger charge is -1.99. The third-order valence-electron chi connectivity index (χ3n) is 2.28. The van der Waals surface area contributed by atoms with E-state index in [2.05, 4.69) is 0 Å². The van der Waals surface area contributed by atoms with Crippen molar-refractivity contribution in [3.8, 4) is 0 Å². The van der Waals surface area contributed by atoms with Gasteiger partial charge in [0.2, 0.25) is 11.6 Å². The van der Waals surface area contributed by atoms with E-state index in [1.165, 1.54) is 0 Å². The van der Waals surface area contributed by atoms with Crippen LogP contribution in [0.2, 0.25) is 0 Å². The summed E-state index contributed by atoms with van der Waals surface area (Å²) in [6.45, 7) is 0. The van der Waals surface area contributed by atoms with Crippen LogP contribution in [0.4, 0.5) is 0 Å². The predicted molar refractivity (Wildman–Crippen MR) is 65.2 cm³/mol. The molecule has 0 atom stereocenters. The van der Waals surface area contributed by atoms with Crippen molar-refractivity contribution in [2.24, 2.45) is 0 Å². The molecule has 0 unspecified atom stereocenters. The summed E-state index contributed by atoms with van der Waals surface area (Å²) in [5.74, 6) is -0.932. The van der Waals surface area contributed by atoms with E-state index in [4.69, 9.17) is 0 Å². The van der Waals surface area contributed by atoms with E-state index in [0.717, 1.165) is 0 Å². The fourth-order valence-electron chi connectivity index (χ4n) is 1.44. The molecule has 0 heterocycles. The SMILES string of the molecule is O.O=C(C(=O)c1ccccc1)c1ccccc1. The van der Waals surface area contributed by atoms with Crippen molar-refractivity contribution in [2.45, 2.75) is 0 Å². The standard InChI is InChI=1S/C14H10O2.H2O/c15-13(11-7-3-1-4-8-11)14(16)12-9-5-2-6-10-12;/h1-10H;1H2. The van der Waals surface area contributed by atoms with Crippen LogP contribution in [0.3, 0.4) is 0 Å². The minimum Gasteiger partial charge on any atom is -0.412 e. The molecule has 3 heteroatoms. The van der Waals surface area contributed by atoms with Gasteiger partial charge in [-0.2, -0.15) is 0 Å². The zero-order chi connectivity index (χ0) is 11.4. The highest BCUT2D eigenvalue weighted by Crippen LogP contribution is 2.07. The van der Waals surface area contributed by atoms with E-state index in [1.807, 2.05) is 12.1 Å². The number of carbonyl (C=O) groups is 2. The van der Waals surface area contributed by atoms with Crippen LogP contribution in [0.25, 0.3) is 0 Å². The molecule has 0 radical (unpaired) electrons. The Bertz CT molecular complexity index is 454. The van der Waals surface area contributed by atoms with E-state index in [9.17, 15) is 9.59 Å². The van der Waals surface area contributed by atoms with Crippen molar-refractivity contribution in [3.63, 3.8) is 0 Å². The monoisotopic (exact) mass is 228 g/mol. The first-order valence-corrected chi connectivity index (χ1v) is 4.98. The van der Waals surface area contributed by atoms with Crippen molar-refractivity contribution in [1.29, 1.82) is 0 Å². The molecular weight excluding hydrogens is 216 g/mol. The van der Waals surface area contributed by atoms with Gasteiger partial charge in [-0.05, 0) is 0 Å². The maximum absolute atomic E-state index is 11.8. The van der Waals surface area contributed by atoms with Crippen molar-refractivity contribution in [1.82, 2.24) is 0 Å². The van der Waals surface area contributed by atoms with Gasteiger partial charge >= 0.3 is 0 Å². The molecular formula is C14H12O3. The van der Waals surface area contributed by atoms with Gasteiger partial charge in [0.25, 0.3) is 0 Å². The normalized spacial score (nSPS) is 9.18. The summed E-state index contributed by atoms with van der Waals surface area (Å²) in [6.07, 6.45) is 0. The molecule has 0 fully saturated rings. The first kappa shape index (κ1) is 12.8. The van der Waals surface area contributed by atoms with Gasteiger partial charge in [0.1, 0.15) is 0 Å². The number of benzene rings is 2. The highest BCUT2D eigenvalue weighted by Gasteiger charge is 2.16. The molecule has 2 aromatic carbocycles. The lowest BCUT2D eigenvalue weighted by Crippen LogP contribution is -2.14. The molecule has 2 aromatic rings. The van der Waals surface area contributed by atoms with Gasteiger partial charge < -0.3 is 5.48 Å². The molecule has 17 heavy (non-hydrogen) atoms. The Labute approximate surface area is 99.0 Å². The topological polar surface area (TPSA) is 65.6 Å². The van der Waals surface area contributed by atoms with Crippen molar-refractivity contribution in [3.05, 3.63) is 71.8 Å². The van der Waals surface area contributed by atoms with Crippen molar-refractivity contribution < 1.29 is 15.1 Å². The zero-order valence-electron chi connectivity index (χ0n) is 9.09. The van der Waals surface area contributed by atoms with Crippen LogP contribution in [0.5, 0.6) is 0 Å². The third kappa shape index (κ3) is 2.86. The van der Waals surface area contributed by atoms with Gasteiger partial charge in [0.05, 0.1) is 0 Å². The Hall–Kier alpha value is -2.26. The minimum atomic E-state index is -0.466. The summed E-state index contributed by atoms with van der Waals surface area (Å²) < 4.78 is 0. The average molecular weight is 228 g/mol. The molecule has 0 aromatic heterocycles. The highest BCUT2D eigenvalue weighted by atomic mass is 16.2. The van der Waals surface area contributed by atoms with E-state index >= 15 is 0 Å². The van der Waals surface area contributed by atoms with Crippen molar-refractivity contribution in [2.75, 3.05) is 0 Å². The van der Waals surface area contributed by atoms with Crippen LogP contribution >= 0.6 is 0 Å². The molecule has 0 saturated heterocycles. The van der Waals surface area contributed by atoms with Crippen LogP contribution in [-0.4, -0.2) is 17.0 Å². The second-order valence-corrected chi connectivity index (χ2v) is 3.39. The fraction of sp³-hybridized carbons (Fsp3) is 0. The summed E-state index contributed by atoms with van der Waals surface area (Å²) in [4.78, 5) is 23.6. The molecule has 2 rings (SSSR count). The van der Waals surface area contributed by atoms with Crippen LogP contribution in [0, 0.1) is 0 Å². The first-order chi connectivity index (χ1) is 7.79. The number of ketones is 2. The maximum atomic E-state index is 11.8. The Balaban J connectivity index is 0.00000144. The second kappa shape index (κ2) is 5.72. The summed E-state index contributed by atoms with van der Waals surface area (Å²) in [7, 11) is 0. The molecule has 2 N–H and O–H groups in total. The molecule has 3 nitrogen and oxygen atoms in total. The zero-order valence-corrected chi connectivity index (χ0v) is 9.09. The van der Waals surface area contributed by atoms with Gasteiger partial charge in [0, 0.05) is 11.1 Å². The van der Waals surface area contributed by atoms with Crippen molar-refractivity contribution >= 4 is 11.6 Å². The second-order valence-electron chi connectivity index (χ2n) is 3.39. The smallest absolute Gasteiger partial charge is 0.233 e. The number of Topliss-reactive ketones (excluding diaryl/α,β-unsaturated/α-hetero) is 2. The minimum absolute atomic E-state index is 0. The number of rotatable bonds is 3. The number of hydrogen-bond acceptors (Lipinski definition) is 2. The molecule has 0 saturated carbocycles. The summed E-state index contributed by atoms with van der Waals surface area (Å²) in [5, 5.41) is 0. The van der Waals surface area contributed by atoms with Gasteiger partial charge in [-0.15, -0.1) is 0 Å². The van der Waals surface area contributed by atoms with Gasteiger partial charge in [0.15, 0.2) is 0 Å². The van der Waals surface area contributed by atoms with Gasteiger partial charge in [-0.25, -0.2) is 0 Å². The van der Waals surface area contributed by atoms with Crippen LogP contribution < -0.4 is 0 Å². The average Bonchev–Trinajstić information content (AvgIpc) is 2.39. The maximum Gasteiger partial charge on any atom is 0.233 e. The Morgan fingerprint density at radius 2 is 0.882 bits per heavy atom. The van der Waals surface area contributed by atoms with Crippen LogP contribution in [-0.2, 0) is 0 Å². The quantitative estimate of drug-likeness (QED) is 0.595. The molecule has 0 aliphatic rings. The molecule has 0 amide bonds. The fourth-order valence-corrected chi connectivity index (χ4v) is 1.44. The van der Waals surface area contributed by atoms with E-state index in [-0.39, 0.29) is 5.48 Å². The molecule has 86 valence electrons.